The molecular formula is C25H33FN2O3. The SMILES string of the molecule is O=C(NC1C2CC3CC1CC(O)(C3)C2)N1C2CCC1CC(OCc1ccccc1F)C2. The Balaban J connectivity index is 1.07. The average Bonchev–Trinajstić information content (AvgIpc) is 2.99. The molecule has 4 saturated carbocycles. The summed E-state index contributed by atoms with van der Waals surface area (Å²) in [6.07, 6.45) is 8.77. The van der Waals surface area contributed by atoms with Crippen molar-refractivity contribution in [2.24, 2.45) is 17.8 Å². The number of aliphatic hydroxyl groups is 1. The van der Waals surface area contributed by atoms with Crippen LogP contribution in [0.3, 0.4) is 0 Å². The molecular weight excluding hydrogens is 395 g/mol. The van der Waals surface area contributed by atoms with Crippen LogP contribution in [0, 0.1) is 23.6 Å². The number of fused-ring (bicyclic) bond motifs is 2. The summed E-state index contributed by atoms with van der Waals surface area (Å²) >= 11 is 0. The molecule has 5 nitrogen and oxygen atoms in total. The van der Waals surface area contributed by atoms with Gasteiger partial charge in [0.25, 0.3) is 0 Å². The first-order valence-electron chi connectivity index (χ1n) is 12.1. The highest BCUT2D eigenvalue weighted by Gasteiger charge is 2.55. The van der Waals surface area contributed by atoms with Gasteiger partial charge in [0.2, 0.25) is 0 Å². The second-order valence-electron chi connectivity index (χ2n) is 11.0. The summed E-state index contributed by atoms with van der Waals surface area (Å²) in [5.41, 5.74) is 0.128. The summed E-state index contributed by atoms with van der Waals surface area (Å²) in [5.74, 6) is 1.29. The van der Waals surface area contributed by atoms with Crippen LogP contribution in [-0.2, 0) is 11.3 Å². The average molecular weight is 429 g/mol. The monoisotopic (exact) mass is 428 g/mol. The van der Waals surface area contributed by atoms with Crippen LogP contribution in [0.5, 0.6) is 0 Å². The normalized spacial score (nSPS) is 42.8. The summed E-state index contributed by atoms with van der Waals surface area (Å²) in [7, 11) is 0. The molecule has 6 aliphatic rings. The number of urea groups is 1. The Bertz CT molecular complexity index is 833. The first-order valence-corrected chi connectivity index (χ1v) is 12.1. The lowest BCUT2D eigenvalue weighted by atomic mass is 9.52. The van der Waals surface area contributed by atoms with Gasteiger partial charge >= 0.3 is 6.03 Å². The number of benzene rings is 1. The van der Waals surface area contributed by atoms with Crippen molar-refractivity contribution in [2.75, 3.05) is 0 Å². The van der Waals surface area contributed by atoms with E-state index >= 15 is 0 Å². The molecule has 1 aromatic rings. The fourth-order valence-corrected chi connectivity index (χ4v) is 7.85. The Kier molecular flexibility index (Phi) is 4.80. The van der Waals surface area contributed by atoms with E-state index in [0.29, 0.717) is 29.9 Å². The molecule has 4 unspecified atom stereocenters. The van der Waals surface area contributed by atoms with Crippen LogP contribution >= 0.6 is 0 Å². The Morgan fingerprint density at radius 1 is 1.10 bits per heavy atom. The van der Waals surface area contributed by atoms with E-state index in [1.807, 2.05) is 6.07 Å². The molecule has 4 atom stereocenters. The minimum Gasteiger partial charge on any atom is -0.390 e. The number of nitrogens with zero attached hydrogens (tertiary/aromatic N) is 1. The Hall–Kier alpha value is -1.66. The predicted octanol–water partition coefficient (Wildman–Crippen LogP) is 3.99. The van der Waals surface area contributed by atoms with Gasteiger partial charge in [0.05, 0.1) is 18.3 Å². The maximum Gasteiger partial charge on any atom is 0.318 e. The van der Waals surface area contributed by atoms with E-state index in [9.17, 15) is 14.3 Å². The van der Waals surface area contributed by atoms with E-state index in [1.54, 1.807) is 12.1 Å². The quantitative estimate of drug-likeness (QED) is 0.762. The number of carbonyl (C=O) groups is 1. The highest BCUT2D eigenvalue weighted by molar-refractivity contribution is 5.76. The third kappa shape index (κ3) is 3.56. The summed E-state index contributed by atoms with van der Waals surface area (Å²) in [6, 6.07) is 7.51. The maximum atomic E-state index is 13.9. The minimum absolute atomic E-state index is 0.0802. The van der Waals surface area contributed by atoms with Crippen LogP contribution in [0.1, 0.15) is 63.4 Å². The van der Waals surface area contributed by atoms with Crippen molar-refractivity contribution in [2.45, 2.75) is 94.2 Å². The molecule has 4 aliphatic carbocycles. The highest BCUT2D eigenvalue weighted by Crippen LogP contribution is 2.55. The topological polar surface area (TPSA) is 61.8 Å². The first kappa shape index (κ1) is 20.0. The van der Waals surface area contributed by atoms with Gasteiger partial charge in [0, 0.05) is 23.7 Å². The fraction of sp³-hybridized carbons (Fsp3) is 0.720. The number of nitrogens with one attached hydrogen (secondary N) is 1. The molecule has 0 radical (unpaired) electrons. The van der Waals surface area contributed by atoms with Gasteiger partial charge in [-0.15, -0.1) is 0 Å². The third-order valence-electron chi connectivity index (χ3n) is 8.89. The van der Waals surface area contributed by atoms with Crippen LogP contribution in [0.25, 0.3) is 0 Å². The Labute approximate surface area is 183 Å². The van der Waals surface area contributed by atoms with Crippen LogP contribution in [0.15, 0.2) is 24.3 Å². The second-order valence-corrected chi connectivity index (χ2v) is 11.0. The number of hydrogen-bond donors (Lipinski definition) is 2. The number of carbonyl (C=O) groups excluding carboxylic acids is 1. The van der Waals surface area contributed by atoms with Gasteiger partial charge in [0.15, 0.2) is 0 Å². The number of ether oxygens (including phenoxy) is 1. The lowest BCUT2D eigenvalue weighted by molar-refractivity contribution is -0.137. The smallest absolute Gasteiger partial charge is 0.318 e. The van der Waals surface area contributed by atoms with E-state index < -0.39 is 5.60 Å². The molecule has 6 fully saturated rings. The lowest BCUT2D eigenvalue weighted by Crippen LogP contribution is -2.64. The highest BCUT2D eigenvalue weighted by atomic mass is 19.1. The van der Waals surface area contributed by atoms with Crippen molar-refractivity contribution in [3.63, 3.8) is 0 Å². The van der Waals surface area contributed by atoms with Crippen LogP contribution in [0.4, 0.5) is 9.18 Å². The van der Waals surface area contributed by atoms with Crippen LogP contribution in [-0.4, -0.2) is 45.9 Å². The summed E-state index contributed by atoms with van der Waals surface area (Å²) < 4.78 is 20.0. The van der Waals surface area contributed by atoms with Gasteiger partial charge in [-0.05, 0) is 81.6 Å². The van der Waals surface area contributed by atoms with E-state index in [0.717, 1.165) is 57.8 Å². The van der Waals surface area contributed by atoms with Gasteiger partial charge in [-0.3, -0.25) is 0 Å². The van der Waals surface area contributed by atoms with Crippen molar-refractivity contribution in [1.82, 2.24) is 10.2 Å². The predicted molar refractivity (Wildman–Crippen MR) is 114 cm³/mol. The number of halogens is 1. The molecule has 1 aromatic carbocycles. The van der Waals surface area contributed by atoms with Gasteiger partial charge in [0.1, 0.15) is 5.82 Å². The molecule has 0 spiro atoms. The molecule has 2 aliphatic heterocycles. The van der Waals surface area contributed by atoms with E-state index in [4.69, 9.17) is 4.74 Å². The van der Waals surface area contributed by atoms with Crippen molar-refractivity contribution in [3.8, 4) is 0 Å². The Morgan fingerprint density at radius 3 is 2.42 bits per heavy atom. The zero-order valence-electron chi connectivity index (χ0n) is 18.0. The van der Waals surface area contributed by atoms with Gasteiger partial charge in [-0.25, -0.2) is 9.18 Å². The molecule has 168 valence electrons. The number of rotatable bonds is 4. The fourth-order valence-electron chi connectivity index (χ4n) is 7.85. The van der Waals surface area contributed by atoms with Crippen molar-refractivity contribution >= 4 is 6.03 Å². The molecule has 2 amide bonds. The largest absolute Gasteiger partial charge is 0.390 e. The van der Waals surface area contributed by atoms with Crippen LogP contribution in [0.2, 0.25) is 0 Å². The Morgan fingerprint density at radius 2 is 1.77 bits per heavy atom. The van der Waals surface area contributed by atoms with Crippen molar-refractivity contribution < 1.29 is 19.0 Å². The second kappa shape index (κ2) is 7.45. The molecule has 2 saturated heterocycles. The summed E-state index contributed by atoms with van der Waals surface area (Å²) in [4.78, 5) is 15.4. The molecule has 31 heavy (non-hydrogen) atoms. The molecule has 6 heteroatoms. The van der Waals surface area contributed by atoms with E-state index in [1.165, 1.54) is 6.07 Å². The maximum absolute atomic E-state index is 13.9. The molecule has 7 rings (SSSR count). The van der Waals surface area contributed by atoms with E-state index in [-0.39, 0.29) is 36.1 Å². The molecule has 0 aromatic heterocycles. The number of hydrogen-bond acceptors (Lipinski definition) is 3. The molecule has 6 bridgehead atoms. The standard InChI is InChI=1S/C25H33FN2O3/c26-22-4-2-1-3-16(22)14-31-21-9-19-5-6-20(10-21)28(19)24(29)27-23-17-7-15-8-18(23)13-25(30,11-15)12-17/h1-4,15,17-21,23,30H,5-14H2,(H,27,29). The van der Waals surface area contributed by atoms with Crippen LogP contribution < -0.4 is 5.32 Å². The molecule has 2 N–H and O–H groups in total. The van der Waals surface area contributed by atoms with Gasteiger partial charge in [-0.1, -0.05) is 18.2 Å². The minimum atomic E-state index is -0.468. The van der Waals surface area contributed by atoms with E-state index in [2.05, 4.69) is 10.2 Å². The third-order valence-corrected chi connectivity index (χ3v) is 8.89. The summed E-state index contributed by atoms with van der Waals surface area (Å²) in [6.45, 7) is 0.290. The van der Waals surface area contributed by atoms with Gasteiger partial charge in [-0.2, -0.15) is 0 Å². The number of amides is 2. The zero-order valence-corrected chi connectivity index (χ0v) is 18.0. The zero-order chi connectivity index (χ0) is 21.2. The van der Waals surface area contributed by atoms with Gasteiger partial charge < -0.3 is 20.1 Å². The van der Waals surface area contributed by atoms with Crippen molar-refractivity contribution in [1.29, 1.82) is 0 Å². The number of piperidine rings is 1. The lowest BCUT2D eigenvalue weighted by Gasteiger charge is -2.58. The molecule has 2 heterocycles. The van der Waals surface area contributed by atoms with Crippen molar-refractivity contribution in [3.05, 3.63) is 35.6 Å². The first-order chi connectivity index (χ1) is 15.0. The summed E-state index contributed by atoms with van der Waals surface area (Å²) in [5, 5.41) is 14.2.